The third-order valence-corrected chi connectivity index (χ3v) is 4.08. The fourth-order valence-electron chi connectivity index (χ4n) is 2.13. The highest BCUT2D eigenvalue weighted by Gasteiger charge is 2.21. The van der Waals surface area contributed by atoms with Crippen LogP contribution in [0, 0.1) is 19.8 Å². The van der Waals surface area contributed by atoms with Crippen LogP contribution >= 0.6 is 0 Å². The van der Waals surface area contributed by atoms with Crippen LogP contribution < -0.4 is 5.32 Å². The maximum atomic E-state index is 12.1. The van der Waals surface area contributed by atoms with Crippen molar-refractivity contribution in [3.63, 3.8) is 0 Å². The molecule has 0 saturated carbocycles. The summed E-state index contributed by atoms with van der Waals surface area (Å²) in [6.07, 6.45) is 1.12. The standard InChI is InChI=1S/C15H24N2O3S/c1-11(2)9-17(21(5,19)20)10-15(18)16-14-7-12(3)6-13(4)8-14/h6-8,11H,9-10H2,1-5H3,(H,16,18). The number of nitrogens with one attached hydrogen (secondary N) is 1. The first-order valence-electron chi connectivity index (χ1n) is 6.91. The van der Waals surface area contributed by atoms with E-state index in [1.807, 2.05) is 45.9 Å². The van der Waals surface area contributed by atoms with Crippen LogP contribution in [0.25, 0.3) is 0 Å². The maximum Gasteiger partial charge on any atom is 0.239 e. The molecule has 1 rings (SSSR count). The van der Waals surface area contributed by atoms with Gasteiger partial charge < -0.3 is 5.32 Å². The summed E-state index contributed by atoms with van der Waals surface area (Å²) >= 11 is 0. The van der Waals surface area contributed by atoms with Gasteiger partial charge in [-0.15, -0.1) is 0 Å². The minimum Gasteiger partial charge on any atom is -0.325 e. The zero-order valence-electron chi connectivity index (χ0n) is 13.3. The molecular formula is C15H24N2O3S. The van der Waals surface area contributed by atoms with Gasteiger partial charge in [-0.05, 0) is 43.0 Å². The van der Waals surface area contributed by atoms with Crippen molar-refractivity contribution in [2.45, 2.75) is 27.7 Å². The van der Waals surface area contributed by atoms with Crippen LogP contribution in [-0.4, -0.2) is 38.0 Å². The smallest absolute Gasteiger partial charge is 0.239 e. The number of carbonyl (C=O) groups excluding carboxylic acids is 1. The molecule has 1 aromatic carbocycles. The highest BCUT2D eigenvalue weighted by atomic mass is 32.2. The molecule has 1 aromatic rings. The van der Waals surface area contributed by atoms with Gasteiger partial charge in [0.1, 0.15) is 0 Å². The lowest BCUT2D eigenvalue weighted by molar-refractivity contribution is -0.116. The summed E-state index contributed by atoms with van der Waals surface area (Å²) in [5, 5.41) is 2.75. The first kappa shape index (κ1) is 17.7. The number of amides is 1. The van der Waals surface area contributed by atoms with Crippen molar-refractivity contribution >= 4 is 21.6 Å². The average molecular weight is 312 g/mol. The third kappa shape index (κ3) is 6.27. The van der Waals surface area contributed by atoms with Gasteiger partial charge in [0.25, 0.3) is 0 Å². The van der Waals surface area contributed by atoms with Gasteiger partial charge in [0, 0.05) is 12.2 Å². The van der Waals surface area contributed by atoms with Crippen LogP contribution in [0.5, 0.6) is 0 Å². The Labute approximate surface area is 127 Å². The zero-order chi connectivity index (χ0) is 16.2. The summed E-state index contributed by atoms with van der Waals surface area (Å²) in [5.41, 5.74) is 2.79. The molecule has 6 heteroatoms. The fourth-order valence-corrected chi connectivity index (χ4v) is 3.05. The second-order valence-electron chi connectivity index (χ2n) is 5.87. The van der Waals surface area contributed by atoms with E-state index in [9.17, 15) is 13.2 Å². The van der Waals surface area contributed by atoms with Gasteiger partial charge in [0.2, 0.25) is 15.9 Å². The van der Waals surface area contributed by atoms with Crippen molar-refractivity contribution < 1.29 is 13.2 Å². The van der Waals surface area contributed by atoms with E-state index >= 15 is 0 Å². The number of hydrogen-bond acceptors (Lipinski definition) is 3. The number of rotatable bonds is 6. The van der Waals surface area contributed by atoms with Gasteiger partial charge in [0.05, 0.1) is 12.8 Å². The molecule has 0 atom stereocenters. The Morgan fingerprint density at radius 3 is 2.14 bits per heavy atom. The molecule has 0 saturated heterocycles. The zero-order valence-corrected chi connectivity index (χ0v) is 14.1. The lowest BCUT2D eigenvalue weighted by atomic mass is 10.1. The van der Waals surface area contributed by atoms with Crippen molar-refractivity contribution in [1.29, 1.82) is 0 Å². The van der Waals surface area contributed by atoms with Gasteiger partial charge in [-0.2, -0.15) is 4.31 Å². The van der Waals surface area contributed by atoms with Gasteiger partial charge in [-0.3, -0.25) is 4.79 Å². The molecule has 0 aliphatic rings. The predicted octanol–water partition coefficient (Wildman–Crippen LogP) is 2.16. The number of hydrogen-bond donors (Lipinski definition) is 1. The van der Waals surface area contributed by atoms with E-state index in [1.54, 1.807) is 0 Å². The van der Waals surface area contributed by atoms with Crippen LogP contribution in [0.2, 0.25) is 0 Å². The molecule has 0 fully saturated rings. The first-order chi connectivity index (χ1) is 9.57. The maximum absolute atomic E-state index is 12.1. The molecular weight excluding hydrogens is 288 g/mol. The Kier molecular flexibility index (Phi) is 5.92. The topological polar surface area (TPSA) is 66.5 Å². The molecule has 0 spiro atoms. The lowest BCUT2D eigenvalue weighted by Gasteiger charge is -2.21. The summed E-state index contributed by atoms with van der Waals surface area (Å²) in [7, 11) is -3.39. The molecule has 0 aliphatic heterocycles. The number of anilines is 1. The Bertz CT molecular complexity index is 589. The molecule has 118 valence electrons. The Balaban J connectivity index is 2.78. The molecule has 0 heterocycles. The molecule has 5 nitrogen and oxygen atoms in total. The number of sulfonamides is 1. The number of carbonyl (C=O) groups is 1. The number of nitrogens with zero attached hydrogens (tertiary/aromatic N) is 1. The highest BCUT2D eigenvalue weighted by molar-refractivity contribution is 7.88. The summed E-state index contributed by atoms with van der Waals surface area (Å²) in [4.78, 5) is 12.1. The van der Waals surface area contributed by atoms with Crippen molar-refractivity contribution in [3.8, 4) is 0 Å². The highest BCUT2D eigenvalue weighted by Crippen LogP contribution is 2.14. The SMILES string of the molecule is Cc1cc(C)cc(NC(=O)CN(CC(C)C)S(C)(=O)=O)c1. The van der Waals surface area contributed by atoms with E-state index in [0.29, 0.717) is 12.2 Å². The largest absolute Gasteiger partial charge is 0.325 e. The van der Waals surface area contributed by atoms with Crippen LogP contribution in [0.15, 0.2) is 18.2 Å². The van der Waals surface area contributed by atoms with E-state index < -0.39 is 10.0 Å². The molecule has 0 aromatic heterocycles. The van der Waals surface area contributed by atoms with Gasteiger partial charge in [-0.25, -0.2) is 8.42 Å². The van der Waals surface area contributed by atoms with Crippen LogP contribution in [0.3, 0.4) is 0 Å². The Hall–Kier alpha value is -1.40. The third-order valence-electron chi connectivity index (χ3n) is 2.86. The summed E-state index contributed by atoms with van der Waals surface area (Å²) in [6, 6.07) is 5.73. The minimum atomic E-state index is -3.39. The van der Waals surface area contributed by atoms with E-state index in [1.165, 1.54) is 4.31 Å². The average Bonchev–Trinajstić information content (AvgIpc) is 2.24. The van der Waals surface area contributed by atoms with Crippen molar-refractivity contribution in [3.05, 3.63) is 29.3 Å². The summed E-state index contributed by atoms with van der Waals surface area (Å²) < 4.78 is 24.6. The number of aryl methyl sites for hydroxylation is 2. The predicted molar refractivity (Wildman–Crippen MR) is 85.8 cm³/mol. The fraction of sp³-hybridized carbons (Fsp3) is 0.533. The monoisotopic (exact) mass is 312 g/mol. The molecule has 0 radical (unpaired) electrons. The Morgan fingerprint density at radius 1 is 1.19 bits per heavy atom. The van der Waals surface area contributed by atoms with Gasteiger partial charge in [0.15, 0.2) is 0 Å². The van der Waals surface area contributed by atoms with E-state index in [0.717, 1.165) is 17.4 Å². The summed E-state index contributed by atoms with van der Waals surface area (Å²) in [5.74, 6) is -0.167. The first-order valence-corrected chi connectivity index (χ1v) is 8.76. The number of benzene rings is 1. The van der Waals surface area contributed by atoms with Gasteiger partial charge >= 0.3 is 0 Å². The second kappa shape index (κ2) is 7.04. The second-order valence-corrected chi connectivity index (χ2v) is 7.86. The van der Waals surface area contributed by atoms with E-state index in [4.69, 9.17) is 0 Å². The van der Waals surface area contributed by atoms with Gasteiger partial charge in [-0.1, -0.05) is 19.9 Å². The molecule has 0 bridgehead atoms. The molecule has 0 unspecified atom stereocenters. The molecule has 0 aliphatic carbocycles. The molecule has 1 N–H and O–H groups in total. The molecule has 1 amide bonds. The van der Waals surface area contributed by atoms with Crippen molar-refractivity contribution in [1.82, 2.24) is 4.31 Å². The van der Waals surface area contributed by atoms with Crippen LogP contribution in [-0.2, 0) is 14.8 Å². The Morgan fingerprint density at radius 2 is 1.71 bits per heavy atom. The molecule has 21 heavy (non-hydrogen) atoms. The van der Waals surface area contributed by atoms with Crippen molar-refractivity contribution in [2.24, 2.45) is 5.92 Å². The minimum absolute atomic E-state index is 0.161. The van der Waals surface area contributed by atoms with Crippen LogP contribution in [0.4, 0.5) is 5.69 Å². The van der Waals surface area contributed by atoms with Crippen molar-refractivity contribution in [2.75, 3.05) is 24.7 Å². The normalized spacial score (nSPS) is 12.0. The van der Waals surface area contributed by atoms with E-state index in [2.05, 4.69) is 5.32 Å². The van der Waals surface area contributed by atoms with Crippen LogP contribution in [0.1, 0.15) is 25.0 Å². The summed E-state index contributed by atoms with van der Waals surface area (Å²) in [6.45, 7) is 7.90. The van der Waals surface area contributed by atoms with E-state index in [-0.39, 0.29) is 18.4 Å². The quantitative estimate of drug-likeness (QED) is 0.875. The lowest BCUT2D eigenvalue weighted by Crippen LogP contribution is -2.39.